The maximum absolute atomic E-state index is 7.01. The molecule has 3 atom stereocenters. The van der Waals surface area contributed by atoms with Crippen molar-refractivity contribution in [1.29, 1.82) is 0 Å². The van der Waals surface area contributed by atoms with Crippen molar-refractivity contribution in [3.63, 3.8) is 0 Å². The van der Waals surface area contributed by atoms with E-state index in [-0.39, 0.29) is 11.3 Å². The Bertz CT molecular complexity index is 1240. The third-order valence-electron chi connectivity index (χ3n) is 6.95. The number of hydrogen-bond acceptors (Lipinski definition) is 1. The lowest BCUT2D eigenvalue weighted by Gasteiger charge is -2.21. The number of hydrogen-bond donors (Lipinski definition) is 0. The molecule has 150 valence electrons. The Morgan fingerprint density at radius 1 is 0.613 bits per heavy atom. The van der Waals surface area contributed by atoms with Crippen LogP contribution in [0.25, 0.3) is 5.76 Å². The summed E-state index contributed by atoms with van der Waals surface area (Å²) in [6.07, 6.45) is 2.39. The molecular weight excluding hydrogens is 376 g/mol. The molecule has 0 N–H and O–H groups in total. The van der Waals surface area contributed by atoms with E-state index in [0.29, 0.717) is 0 Å². The molecule has 2 aliphatic rings. The largest absolute Gasteiger partial charge is 0.480 e. The molecule has 0 bridgehead atoms. The standard InChI is InChI=1S/C30H24O/c1-22-17-19-25(20-18-22)29-21-27(23-11-5-2-6-12-23)31-30(29,26-15-9-4-10-16-26)28(29)24-13-7-3-8-14-24/h2-21,28H,1H3. The van der Waals surface area contributed by atoms with Gasteiger partial charge in [0.1, 0.15) is 5.76 Å². The van der Waals surface area contributed by atoms with Crippen molar-refractivity contribution in [2.45, 2.75) is 23.9 Å². The first kappa shape index (κ1) is 18.2. The summed E-state index contributed by atoms with van der Waals surface area (Å²) < 4.78 is 7.01. The SMILES string of the molecule is Cc1ccc(C23C=C(c4ccccc4)OC2(c2ccccc2)C3c2ccccc2)cc1. The molecule has 6 rings (SSSR count). The second kappa shape index (κ2) is 6.72. The molecule has 0 saturated heterocycles. The van der Waals surface area contributed by atoms with Crippen molar-refractivity contribution in [2.24, 2.45) is 0 Å². The van der Waals surface area contributed by atoms with E-state index in [9.17, 15) is 0 Å². The second-order valence-corrected chi connectivity index (χ2v) is 8.66. The first-order valence-corrected chi connectivity index (χ1v) is 10.9. The molecule has 4 aromatic rings. The normalized spacial score (nSPS) is 26.0. The molecule has 1 aliphatic carbocycles. The fraction of sp³-hybridized carbons (Fsp3) is 0.133. The van der Waals surface area contributed by atoms with Crippen LogP contribution in [0.15, 0.2) is 121 Å². The van der Waals surface area contributed by atoms with Gasteiger partial charge in [-0.25, -0.2) is 0 Å². The molecule has 1 saturated carbocycles. The lowest BCUT2D eigenvalue weighted by atomic mass is 9.87. The monoisotopic (exact) mass is 400 g/mol. The molecule has 0 radical (unpaired) electrons. The minimum atomic E-state index is -0.448. The maximum atomic E-state index is 7.01. The molecule has 31 heavy (non-hydrogen) atoms. The van der Waals surface area contributed by atoms with Gasteiger partial charge >= 0.3 is 0 Å². The lowest BCUT2D eigenvalue weighted by Crippen LogP contribution is -2.18. The molecule has 1 aliphatic heterocycles. The van der Waals surface area contributed by atoms with E-state index in [4.69, 9.17) is 4.74 Å². The molecule has 4 aromatic carbocycles. The summed E-state index contributed by atoms with van der Waals surface area (Å²) in [5, 5.41) is 0. The molecule has 0 aromatic heterocycles. The minimum Gasteiger partial charge on any atom is -0.480 e. The Morgan fingerprint density at radius 2 is 1.19 bits per heavy atom. The van der Waals surface area contributed by atoms with Crippen LogP contribution in [-0.2, 0) is 15.8 Å². The second-order valence-electron chi connectivity index (χ2n) is 8.66. The first-order valence-electron chi connectivity index (χ1n) is 10.9. The third kappa shape index (κ3) is 2.50. The van der Waals surface area contributed by atoms with E-state index in [1.807, 2.05) is 0 Å². The van der Waals surface area contributed by atoms with Crippen molar-refractivity contribution in [2.75, 3.05) is 0 Å². The Labute approximate surface area is 183 Å². The molecule has 1 heterocycles. The smallest absolute Gasteiger partial charge is 0.156 e. The Hall–Kier alpha value is -3.58. The van der Waals surface area contributed by atoms with E-state index in [2.05, 4.69) is 128 Å². The maximum Gasteiger partial charge on any atom is 0.156 e. The summed E-state index contributed by atoms with van der Waals surface area (Å²) in [4.78, 5) is 0. The quantitative estimate of drug-likeness (QED) is 0.358. The molecule has 1 fully saturated rings. The van der Waals surface area contributed by atoms with Gasteiger partial charge in [0.25, 0.3) is 0 Å². The van der Waals surface area contributed by atoms with Gasteiger partial charge in [-0.05, 0) is 29.7 Å². The van der Waals surface area contributed by atoms with Gasteiger partial charge in [0.2, 0.25) is 0 Å². The van der Waals surface area contributed by atoms with Gasteiger partial charge in [-0.2, -0.15) is 0 Å². The fourth-order valence-electron chi connectivity index (χ4n) is 5.54. The van der Waals surface area contributed by atoms with Crippen LogP contribution in [0.3, 0.4) is 0 Å². The molecule has 1 nitrogen and oxygen atoms in total. The summed E-state index contributed by atoms with van der Waals surface area (Å²) >= 11 is 0. The van der Waals surface area contributed by atoms with Gasteiger partial charge < -0.3 is 4.74 Å². The van der Waals surface area contributed by atoms with E-state index in [1.165, 1.54) is 22.3 Å². The number of ether oxygens (including phenoxy) is 1. The van der Waals surface area contributed by atoms with Gasteiger partial charge in [0, 0.05) is 11.5 Å². The highest BCUT2D eigenvalue weighted by Gasteiger charge is 2.82. The Balaban J connectivity index is 1.62. The number of benzene rings is 4. The average molecular weight is 401 g/mol. The Morgan fingerprint density at radius 3 is 1.84 bits per heavy atom. The zero-order chi connectivity index (χ0) is 20.9. The number of rotatable bonds is 4. The zero-order valence-corrected chi connectivity index (χ0v) is 17.5. The molecule has 0 amide bonds. The van der Waals surface area contributed by atoms with Crippen molar-refractivity contribution in [3.8, 4) is 0 Å². The molecular formula is C30H24O. The van der Waals surface area contributed by atoms with Crippen LogP contribution in [-0.4, -0.2) is 0 Å². The van der Waals surface area contributed by atoms with E-state index >= 15 is 0 Å². The van der Waals surface area contributed by atoms with Gasteiger partial charge in [0.05, 0.1) is 5.41 Å². The van der Waals surface area contributed by atoms with Crippen LogP contribution in [0.1, 0.15) is 33.7 Å². The number of aryl methyl sites for hydroxylation is 1. The summed E-state index contributed by atoms with van der Waals surface area (Å²) in [7, 11) is 0. The number of fused-ring (bicyclic) bond motifs is 1. The van der Waals surface area contributed by atoms with Gasteiger partial charge in [0.15, 0.2) is 5.60 Å². The average Bonchev–Trinajstić information content (AvgIpc) is 3.26. The van der Waals surface area contributed by atoms with Crippen molar-refractivity contribution in [1.82, 2.24) is 0 Å². The summed E-state index contributed by atoms with van der Waals surface area (Å²) in [5.41, 5.74) is 5.56. The topological polar surface area (TPSA) is 9.23 Å². The van der Waals surface area contributed by atoms with Crippen LogP contribution < -0.4 is 0 Å². The first-order chi connectivity index (χ1) is 15.3. The van der Waals surface area contributed by atoms with E-state index < -0.39 is 5.60 Å². The van der Waals surface area contributed by atoms with Crippen LogP contribution in [0.2, 0.25) is 0 Å². The van der Waals surface area contributed by atoms with E-state index in [1.54, 1.807) is 0 Å². The highest BCUT2D eigenvalue weighted by Crippen LogP contribution is 2.80. The predicted octanol–water partition coefficient (Wildman–Crippen LogP) is 7.00. The summed E-state index contributed by atoms with van der Waals surface area (Å²) in [6, 6.07) is 41.0. The highest BCUT2D eigenvalue weighted by molar-refractivity contribution is 5.75. The van der Waals surface area contributed by atoms with Gasteiger partial charge in [-0.15, -0.1) is 0 Å². The lowest BCUT2D eigenvalue weighted by molar-refractivity contribution is 0.136. The van der Waals surface area contributed by atoms with Crippen LogP contribution in [0.4, 0.5) is 0 Å². The highest BCUT2D eigenvalue weighted by atomic mass is 16.5. The third-order valence-corrected chi connectivity index (χ3v) is 6.95. The van der Waals surface area contributed by atoms with Crippen molar-refractivity contribution < 1.29 is 4.74 Å². The molecule has 1 heteroatoms. The van der Waals surface area contributed by atoms with E-state index in [0.717, 1.165) is 11.3 Å². The van der Waals surface area contributed by atoms with Crippen LogP contribution in [0.5, 0.6) is 0 Å². The minimum absolute atomic E-state index is 0.221. The predicted molar refractivity (Wildman–Crippen MR) is 126 cm³/mol. The van der Waals surface area contributed by atoms with Gasteiger partial charge in [-0.3, -0.25) is 0 Å². The summed E-state index contributed by atoms with van der Waals surface area (Å²) in [5.74, 6) is 1.19. The van der Waals surface area contributed by atoms with Crippen LogP contribution in [0, 0.1) is 6.92 Å². The van der Waals surface area contributed by atoms with Crippen molar-refractivity contribution in [3.05, 3.63) is 149 Å². The molecule has 3 unspecified atom stereocenters. The van der Waals surface area contributed by atoms with Crippen LogP contribution >= 0.6 is 0 Å². The Kier molecular flexibility index (Phi) is 3.94. The van der Waals surface area contributed by atoms with Gasteiger partial charge in [-0.1, -0.05) is 121 Å². The zero-order valence-electron chi connectivity index (χ0n) is 17.5. The fourth-order valence-corrected chi connectivity index (χ4v) is 5.54. The summed E-state index contributed by atoms with van der Waals surface area (Å²) in [6.45, 7) is 2.14. The van der Waals surface area contributed by atoms with Crippen molar-refractivity contribution >= 4 is 5.76 Å². The molecule has 0 spiro atoms.